The number of carbonyl (C=O) groups is 2. The van der Waals surface area contributed by atoms with E-state index in [0.29, 0.717) is 32.4 Å². The predicted molar refractivity (Wildman–Crippen MR) is 87.9 cm³/mol. The topological polar surface area (TPSA) is 57.6 Å². The van der Waals surface area contributed by atoms with Gasteiger partial charge in [0.25, 0.3) is 0 Å². The first kappa shape index (κ1) is 16.9. The van der Waals surface area contributed by atoms with Crippen molar-refractivity contribution in [3.63, 3.8) is 0 Å². The molecule has 3 rings (SSSR count). The molecular formula is C19H24FNO3. The molecule has 0 spiro atoms. The van der Waals surface area contributed by atoms with Crippen LogP contribution in [0.1, 0.15) is 38.2 Å². The number of halogens is 1. The number of benzene rings is 1. The van der Waals surface area contributed by atoms with E-state index in [0.717, 1.165) is 18.4 Å². The lowest BCUT2D eigenvalue weighted by molar-refractivity contribution is -0.149. The lowest BCUT2D eigenvalue weighted by Crippen LogP contribution is -2.39. The molecule has 1 aliphatic heterocycles. The van der Waals surface area contributed by atoms with Gasteiger partial charge in [-0.15, -0.1) is 0 Å². The highest BCUT2D eigenvalue weighted by atomic mass is 19.1. The molecule has 1 aliphatic carbocycles. The van der Waals surface area contributed by atoms with Crippen molar-refractivity contribution >= 4 is 11.9 Å². The molecule has 130 valence electrons. The second kappa shape index (κ2) is 6.54. The molecule has 0 aromatic heterocycles. The van der Waals surface area contributed by atoms with Crippen molar-refractivity contribution in [2.45, 2.75) is 39.0 Å². The number of nitrogens with zero attached hydrogens (tertiary/aromatic N) is 1. The van der Waals surface area contributed by atoms with Crippen LogP contribution in [0.25, 0.3) is 0 Å². The molecule has 2 aliphatic rings. The Balaban J connectivity index is 1.59. The predicted octanol–water partition coefficient (Wildman–Crippen LogP) is 3.11. The Morgan fingerprint density at radius 2 is 2.25 bits per heavy atom. The number of likely N-dealkylation sites (tertiary alicyclic amines) is 1. The molecule has 1 aromatic carbocycles. The van der Waals surface area contributed by atoms with Gasteiger partial charge >= 0.3 is 5.97 Å². The van der Waals surface area contributed by atoms with E-state index in [9.17, 15) is 19.1 Å². The first-order valence-electron chi connectivity index (χ1n) is 8.69. The normalized spacial score (nSPS) is 27.1. The number of carbonyl (C=O) groups excluding carboxylic acids is 1. The maximum Gasteiger partial charge on any atom is 0.311 e. The zero-order chi connectivity index (χ0) is 17.3. The number of aryl methyl sites for hydroxylation is 1. The monoisotopic (exact) mass is 333 g/mol. The molecule has 1 unspecified atom stereocenters. The minimum Gasteiger partial charge on any atom is -0.481 e. The van der Waals surface area contributed by atoms with Crippen LogP contribution >= 0.6 is 0 Å². The van der Waals surface area contributed by atoms with Crippen molar-refractivity contribution in [1.29, 1.82) is 0 Å². The summed E-state index contributed by atoms with van der Waals surface area (Å²) in [5.41, 5.74) is 0.160. The third-order valence-corrected chi connectivity index (χ3v) is 5.78. The van der Waals surface area contributed by atoms with Crippen LogP contribution in [0.15, 0.2) is 24.3 Å². The zero-order valence-corrected chi connectivity index (χ0v) is 14.0. The Morgan fingerprint density at radius 3 is 2.92 bits per heavy atom. The van der Waals surface area contributed by atoms with Crippen molar-refractivity contribution < 1.29 is 19.1 Å². The molecule has 2 fully saturated rings. The van der Waals surface area contributed by atoms with Crippen LogP contribution in [-0.2, 0) is 16.0 Å². The molecular weight excluding hydrogens is 309 g/mol. The highest BCUT2D eigenvalue weighted by molar-refractivity contribution is 5.82. The van der Waals surface area contributed by atoms with Gasteiger partial charge in [-0.05, 0) is 49.3 Å². The van der Waals surface area contributed by atoms with E-state index in [1.54, 1.807) is 11.0 Å². The maximum atomic E-state index is 13.2. The van der Waals surface area contributed by atoms with Gasteiger partial charge in [-0.1, -0.05) is 25.5 Å². The van der Waals surface area contributed by atoms with Crippen molar-refractivity contribution in [2.24, 2.45) is 17.3 Å². The fourth-order valence-electron chi connectivity index (χ4n) is 4.32. The summed E-state index contributed by atoms with van der Waals surface area (Å²) in [5.74, 6) is -1.08. The third-order valence-electron chi connectivity index (χ3n) is 5.78. The van der Waals surface area contributed by atoms with E-state index < -0.39 is 11.4 Å². The molecule has 1 aromatic rings. The van der Waals surface area contributed by atoms with Gasteiger partial charge in [0.2, 0.25) is 5.91 Å². The first-order valence-corrected chi connectivity index (χ1v) is 8.69. The average molecular weight is 333 g/mol. The van der Waals surface area contributed by atoms with Gasteiger partial charge in [-0.25, -0.2) is 4.39 Å². The van der Waals surface area contributed by atoms with Gasteiger partial charge in [0.15, 0.2) is 0 Å². The minimum atomic E-state index is -0.757. The molecule has 1 amide bonds. The van der Waals surface area contributed by atoms with Gasteiger partial charge in [0.1, 0.15) is 5.82 Å². The molecule has 1 saturated carbocycles. The van der Waals surface area contributed by atoms with Crippen LogP contribution in [0.5, 0.6) is 0 Å². The largest absolute Gasteiger partial charge is 0.481 e. The Hall–Kier alpha value is -1.91. The van der Waals surface area contributed by atoms with Crippen LogP contribution in [0.4, 0.5) is 4.39 Å². The highest BCUT2D eigenvalue weighted by Crippen LogP contribution is 2.49. The number of aliphatic carboxylic acids is 1. The van der Waals surface area contributed by atoms with Crippen molar-refractivity contribution in [3.05, 3.63) is 35.6 Å². The number of carboxylic acids is 1. The summed E-state index contributed by atoms with van der Waals surface area (Å²) >= 11 is 0. The number of rotatable bonds is 5. The summed E-state index contributed by atoms with van der Waals surface area (Å²) in [5, 5.41) is 9.62. The van der Waals surface area contributed by atoms with Crippen LogP contribution in [0.2, 0.25) is 0 Å². The maximum absolute atomic E-state index is 13.2. The number of hydrogen-bond donors (Lipinski definition) is 1. The number of fused-ring (bicyclic) bond motifs is 1. The average Bonchev–Trinajstić information content (AvgIpc) is 3.10. The standard InChI is InChI=1S/C19H24FNO3/c1-13(7-8-14-4-2-6-16(20)10-14)17(22)21-11-15-5-3-9-19(15,12-21)18(23)24/h2,4,6,10,13,15H,3,5,7-9,11-12H2,1H3,(H,23,24)/t13?,15-,19+/m0/s1. The van der Waals surface area contributed by atoms with E-state index >= 15 is 0 Å². The van der Waals surface area contributed by atoms with Crippen LogP contribution < -0.4 is 0 Å². The summed E-state index contributed by atoms with van der Waals surface area (Å²) in [6.07, 6.45) is 3.80. The Kier molecular flexibility index (Phi) is 4.61. The van der Waals surface area contributed by atoms with E-state index in [2.05, 4.69) is 0 Å². The molecule has 0 radical (unpaired) electrons. The molecule has 1 saturated heterocycles. The van der Waals surface area contributed by atoms with Gasteiger partial charge in [0, 0.05) is 19.0 Å². The number of carboxylic acid groups (broad SMARTS) is 1. The van der Waals surface area contributed by atoms with Crippen LogP contribution in [0.3, 0.4) is 0 Å². The van der Waals surface area contributed by atoms with Crippen molar-refractivity contribution in [2.75, 3.05) is 13.1 Å². The SMILES string of the molecule is CC(CCc1cccc(F)c1)C(=O)N1C[C@@H]2CCC[C@@]2(C(=O)O)C1. The van der Waals surface area contributed by atoms with E-state index in [-0.39, 0.29) is 23.6 Å². The molecule has 4 nitrogen and oxygen atoms in total. The van der Waals surface area contributed by atoms with Crippen LogP contribution in [0, 0.1) is 23.1 Å². The first-order chi connectivity index (χ1) is 11.4. The summed E-state index contributed by atoms with van der Waals surface area (Å²) in [7, 11) is 0. The number of hydrogen-bond acceptors (Lipinski definition) is 2. The summed E-state index contributed by atoms with van der Waals surface area (Å²) in [4.78, 5) is 26.1. The lowest BCUT2D eigenvalue weighted by Gasteiger charge is -2.25. The molecule has 24 heavy (non-hydrogen) atoms. The second-order valence-corrected chi connectivity index (χ2v) is 7.34. The summed E-state index contributed by atoms with van der Waals surface area (Å²) in [6, 6.07) is 6.44. The molecule has 1 heterocycles. The van der Waals surface area contributed by atoms with E-state index in [4.69, 9.17) is 0 Å². The fourth-order valence-corrected chi connectivity index (χ4v) is 4.32. The van der Waals surface area contributed by atoms with Gasteiger partial charge < -0.3 is 10.0 Å². The van der Waals surface area contributed by atoms with Gasteiger partial charge in [-0.2, -0.15) is 0 Å². The minimum absolute atomic E-state index is 0.0291. The molecule has 0 bridgehead atoms. The Labute approximate surface area is 141 Å². The van der Waals surface area contributed by atoms with Gasteiger partial charge in [0.05, 0.1) is 5.41 Å². The van der Waals surface area contributed by atoms with Crippen molar-refractivity contribution in [3.8, 4) is 0 Å². The molecule has 5 heteroatoms. The Bertz CT molecular complexity index is 647. The number of amides is 1. The Morgan fingerprint density at radius 1 is 1.46 bits per heavy atom. The second-order valence-electron chi connectivity index (χ2n) is 7.34. The smallest absolute Gasteiger partial charge is 0.311 e. The van der Waals surface area contributed by atoms with Crippen LogP contribution in [-0.4, -0.2) is 35.0 Å². The summed E-state index contributed by atoms with van der Waals surface area (Å²) in [6.45, 7) is 2.79. The van der Waals surface area contributed by atoms with Gasteiger partial charge in [-0.3, -0.25) is 9.59 Å². The summed E-state index contributed by atoms with van der Waals surface area (Å²) < 4.78 is 13.2. The van der Waals surface area contributed by atoms with E-state index in [1.807, 2.05) is 13.0 Å². The fraction of sp³-hybridized carbons (Fsp3) is 0.579. The third kappa shape index (κ3) is 3.04. The molecule has 3 atom stereocenters. The van der Waals surface area contributed by atoms with E-state index in [1.165, 1.54) is 12.1 Å². The zero-order valence-electron chi connectivity index (χ0n) is 14.0. The quantitative estimate of drug-likeness (QED) is 0.901. The lowest BCUT2D eigenvalue weighted by atomic mass is 9.81. The molecule has 1 N–H and O–H groups in total. The highest BCUT2D eigenvalue weighted by Gasteiger charge is 2.55. The van der Waals surface area contributed by atoms with Crippen molar-refractivity contribution in [1.82, 2.24) is 4.90 Å².